The molecule has 0 bridgehead atoms. The fraction of sp³-hybridized carbons (Fsp3) is 0.739. The lowest BCUT2D eigenvalue weighted by Crippen LogP contribution is -2.73. The van der Waals surface area contributed by atoms with Gasteiger partial charge in [-0.15, -0.1) is 11.6 Å². The number of allylic oxidation sites excluding steroid dienone is 4. The summed E-state index contributed by atoms with van der Waals surface area (Å²) in [5.74, 6) is -4.17. The maximum atomic E-state index is 15.7. The van der Waals surface area contributed by atoms with E-state index < -0.39 is 68.0 Å². The Labute approximate surface area is 206 Å². The van der Waals surface area contributed by atoms with Gasteiger partial charge < -0.3 is 19.7 Å². The van der Waals surface area contributed by atoms with Crippen LogP contribution in [0.15, 0.2) is 22.8 Å². The highest BCUT2D eigenvalue weighted by atomic mass is 35.5. The van der Waals surface area contributed by atoms with Gasteiger partial charge in [0.1, 0.15) is 17.1 Å². The fourth-order valence-corrected chi connectivity index (χ4v) is 9.30. The molecule has 9 atom stereocenters. The second kappa shape index (κ2) is 6.54. The summed E-state index contributed by atoms with van der Waals surface area (Å²) in [6.07, 6.45) is 0.0701. The summed E-state index contributed by atoms with van der Waals surface area (Å²) in [4.78, 5) is 23.3. The second-order valence-electron chi connectivity index (χ2n) is 11.0. The summed E-state index contributed by atoms with van der Waals surface area (Å²) in [5, 5.41) is 19.7. The third-order valence-corrected chi connectivity index (χ3v) is 10.9. The third-order valence-electron chi connectivity index (χ3n) is 9.00. The van der Waals surface area contributed by atoms with Crippen LogP contribution in [0.5, 0.6) is 0 Å². The number of carboxylic acid groups (broad SMARTS) is 1. The number of carbonyl (C=O) groups excluding carboxylic acids is 1. The SMILES string of the molecule is CC1(C)O[C@@H]2C[C@H]3[C@@H]4C[C@H](F)C5=C(Cl)C(=O)C=C[C@]5(C)[C@@]4(Cl)[C@@](O)(Cl)C[C@]3(C)[C@]2(C(=O)O)O1. The van der Waals surface area contributed by atoms with Crippen LogP contribution in [0.1, 0.15) is 47.0 Å². The molecule has 0 radical (unpaired) electrons. The number of rotatable bonds is 1. The molecule has 0 aromatic carbocycles. The standard InChI is InChI=1S/C23H26Cl3FO6/c1-18(2)32-14-8-10-11-7-12(27)15-16(24)13(28)5-6-19(15,3)23(11,26)21(25,31)9-20(10,4)22(14,33-18)17(29)30/h5-6,10-12,14,31H,7-9H2,1-4H3,(H,29,30)/t10-,11-,12-,14+,19-,20-,21+,22-,23+/m0/s1. The minimum atomic E-state index is -2.18. The molecule has 33 heavy (non-hydrogen) atoms. The fourth-order valence-electron chi connectivity index (χ4n) is 7.84. The smallest absolute Gasteiger partial charge is 0.339 e. The highest BCUT2D eigenvalue weighted by Gasteiger charge is 2.83. The van der Waals surface area contributed by atoms with E-state index in [4.69, 9.17) is 44.3 Å². The molecule has 182 valence electrons. The van der Waals surface area contributed by atoms with Gasteiger partial charge in [-0.2, -0.15) is 0 Å². The summed E-state index contributed by atoms with van der Waals surface area (Å²) in [6, 6.07) is 0. The average molecular weight is 524 g/mol. The first kappa shape index (κ1) is 24.0. The van der Waals surface area contributed by atoms with Gasteiger partial charge in [-0.25, -0.2) is 9.18 Å². The van der Waals surface area contributed by atoms with E-state index in [1.807, 2.05) is 0 Å². The van der Waals surface area contributed by atoms with E-state index in [0.29, 0.717) is 0 Å². The van der Waals surface area contributed by atoms with E-state index in [1.165, 1.54) is 12.2 Å². The maximum Gasteiger partial charge on any atom is 0.339 e. The number of hydrogen-bond acceptors (Lipinski definition) is 5. The monoisotopic (exact) mass is 522 g/mol. The number of hydrogen-bond donors (Lipinski definition) is 2. The zero-order valence-electron chi connectivity index (χ0n) is 18.6. The van der Waals surface area contributed by atoms with E-state index in [2.05, 4.69) is 0 Å². The Balaban J connectivity index is 1.72. The van der Waals surface area contributed by atoms with Crippen molar-refractivity contribution in [3.63, 3.8) is 0 Å². The zero-order valence-corrected chi connectivity index (χ0v) is 20.9. The Morgan fingerprint density at radius 1 is 1.18 bits per heavy atom. The van der Waals surface area contributed by atoms with Gasteiger partial charge >= 0.3 is 5.97 Å². The predicted molar refractivity (Wildman–Crippen MR) is 119 cm³/mol. The van der Waals surface area contributed by atoms with Crippen LogP contribution >= 0.6 is 34.8 Å². The Morgan fingerprint density at radius 3 is 2.42 bits per heavy atom. The van der Waals surface area contributed by atoms with Gasteiger partial charge in [0.05, 0.1) is 5.03 Å². The highest BCUT2D eigenvalue weighted by molar-refractivity contribution is 6.45. The summed E-state index contributed by atoms with van der Waals surface area (Å²) in [6.45, 7) is 6.60. The lowest BCUT2D eigenvalue weighted by atomic mass is 9.45. The van der Waals surface area contributed by atoms with Gasteiger partial charge in [0.15, 0.2) is 22.2 Å². The predicted octanol–water partition coefficient (Wildman–Crippen LogP) is 4.29. The molecule has 4 aliphatic carbocycles. The topological polar surface area (TPSA) is 93.1 Å². The Bertz CT molecular complexity index is 1040. The van der Waals surface area contributed by atoms with Gasteiger partial charge in [-0.05, 0) is 50.2 Å². The van der Waals surface area contributed by atoms with E-state index in [-0.39, 0.29) is 29.9 Å². The largest absolute Gasteiger partial charge is 0.479 e. The molecule has 4 fully saturated rings. The number of halogens is 4. The Hall–Kier alpha value is -0.700. The number of ether oxygens (including phenoxy) is 2. The molecular weight excluding hydrogens is 498 g/mol. The van der Waals surface area contributed by atoms with Crippen LogP contribution in [-0.4, -0.2) is 55.6 Å². The number of carbonyl (C=O) groups is 2. The number of aliphatic hydroxyl groups is 1. The molecule has 0 spiro atoms. The molecule has 1 aliphatic heterocycles. The maximum absolute atomic E-state index is 15.7. The van der Waals surface area contributed by atoms with Crippen molar-refractivity contribution < 1.29 is 33.7 Å². The average Bonchev–Trinajstić information content (AvgIpc) is 3.08. The summed E-state index contributed by atoms with van der Waals surface area (Å²) in [7, 11) is 0. The molecule has 6 nitrogen and oxygen atoms in total. The molecule has 1 saturated heterocycles. The van der Waals surface area contributed by atoms with Crippen LogP contribution in [0.25, 0.3) is 0 Å². The first-order valence-corrected chi connectivity index (χ1v) is 12.1. The van der Waals surface area contributed by atoms with Crippen LogP contribution in [-0.2, 0) is 19.1 Å². The molecule has 5 aliphatic rings. The lowest BCUT2D eigenvalue weighted by molar-refractivity contribution is -0.235. The molecule has 0 amide bonds. The normalized spacial score (nSPS) is 54.5. The van der Waals surface area contributed by atoms with Crippen LogP contribution < -0.4 is 0 Å². The zero-order chi connectivity index (χ0) is 24.6. The molecule has 0 aromatic heterocycles. The van der Waals surface area contributed by atoms with Crippen molar-refractivity contribution in [2.75, 3.05) is 0 Å². The highest BCUT2D eigenvalue weighted by Crippen LogP contribution is 2.76. The minimum absolute atomic E-state index is 0.00497. The van der Waals surface area contributed by atoms with Crippen molar-refractivity contribution in [2.45, 2.75) is 80.6 Å². The molecule has 3 saturated carbocycles. The molecule has 0 unspecified atom stereocenters. The quantitative estimate of drug-likeness (QED) is 0.498. The molecule has 1 heterocycles. The van der Waals surface area contributed by atoms with Crippen molar-refractivity contribution in [3.05, 3.63) is 22.8 Å². The van der Waals surface area contributed by atoms with Gasteiger partial charge in [0, 0.05) is 17.3 Å². The van der Waals surface area contributed by atoms with Gasteiger partial charge in [-0.3, -0.25) is 4.79 Å². The van der Waals surface area contributed by atoms with Crippen molar-refractivity contribution in [2.24, 2.45) is 22.7 Å². The molecule has 0 aromatic rings. The van der Waals surface area contributed by atoms with E-state index in [0.717, 1.165) is 0 Å². The van der Waals surface area contributed by atoms with E-state index in [1.54, 1.807) is 27.7 Å². The first-order valence-electron chi connectivity index (χ1n) is 11.0. The molecule has 5 rings (SSSR count). The van der Waals surface area contributed by atoms with Crippen molar-refractivity contribution in [3.8, 4) is 0 Å². The number of alkyl halides is 3. The minimum Gasteiger partial charge on any atom is -0.479 e. The Kier molecular flexibility index (Phi) is 4.76. The lowest BCUT2D eigenvalue weighted by Gasteiger charge is -2.66. The van der Waals surface area contributed by atoms with Crippen LogP contribution in [0.4, 0.5) is 4.39 Å². The summed E-state index contributed by atoms with van der Waals surface area (Å²) in [5.41, 5.74) is -4.38. The number of fused-ring (bicyclic) bond motifs is 7. The van der Waals surface area contributed by atoms with Crippen molar-refractivity contribution in [1.82, 2.24) is 0 Å². The van der Waals surface area contributed by atoms with E-state index >= 15 is 4.39 Å². The van der Waals surface area contributed by atoms with Gasteiger partial charge in [-0.1, -0.05) is 43.1 Å². The van der Waals surface area contributed by atoms with Gasteiger partial charge in [0.25, 0.3) is 0 Å². The first-order chi connectivity index (χ1) is 15.0. The van der Waals surface area contributed by atoms with Gasteiger partial charge in [0.2, 0.25) is 0 Å². The molecule has 2 N–H and O–H groups in total. The van der Waals surface area contributed by atoms with E-state index in [9.17, 15) is 19.8 Å². The molecular formula is C23H26Cl3FO6. The summed E-state index contributed by atoms with van der Waals surface area (Å²) < 4.78 is 27.8. The number of aliphatic carboxylic acids is 1. The third kappa shape index (κ3) is 2.52. The van der Waals surface area contributed by atoms with Crippen LogP contribution in [0.2, 0.25) is 0 Å². The Morgan fingerprint density at radius 2 is 1.82 bits per heavy atom. The number of ketones is 1. The second-order valence-corrected chi connectivity index (χ2v) is 12.6. The van der Waals surface area contributed by atoms with Crippen molar-refractivity contribution in [1.29, 1.82) is 0 Å². The summed E-state index contributed by atoms with van der Waals surface area (Å²) >= 11 is 20.4. The van der Waals surface area contributed by atoms with Crippen LogP contribution in [0, 0.1) is 22.7 Å². The van der Waals surface area contributed by atoms with Crippen molar-refractivity contribution >= 4 is 46.6 Å². The van der Waals surface area contributed by atoms with Crippen LogP contribution in [0.3, 0.4) is 0 Å². The number of carboxylic acids is 1. The molecule has 10 heteroatoms.